The number of nitrogens with one attached hydrogen (secondary N) is 1. The maximum Gasteiger partial charge on any atom is 0.249 e. The largest absolute Gasteiger partial charge is 0.307 e. The third-order valence-corrected chi connectivity index (χ3v) is 1.30. The lowest BCUT2D eigenvalue weighted by molar-refractivity contribution is -0.111. The molecule has 1 N–H and O–H groups in total. The van der Waals surface area contributed by atoms with Crippen LogP contribution in [0.3, 0.4) is 0 Å². The van der Waals surface area contributed by atoms with Crippen LogP contribution in [0.4, 0.5) is 10.2 Å². The van der Waals surface area contributed by atoms with Crippen LogP contribution in [-0.4, -0.2) is 10.9 Å². The van der Waals surface area contributed by atoms with Crippen molar-refractivity contribution in [2.24, 2.45) is 0 Å². The molecule has 1 amide bonds. The zero-order chi connectivity index (χ0) is 9.68. The lowest BCUT2D eigenvalue weighted by Gasteiger charge is -1.99. The highest BCUT2D eigenvalue weighted by atomic mass is 19.1. The quantitative estimate of drug-likeness (QED) is 0.704. The number of hydrogen-bond acceptors (Lipinski definition) is 2. The molecule has 0 aliphatic rings. The van der Waals surface area contributed by atoms with Crippen molar-refractivity contribution in [3.63, 3.8) is 0 Å². The highest BCUT2D eigenvalue weighted by molar-refractivity contribution is 5.98. The number of carbonyl (C=O) groups is 1. The monoisotopic (exact) mass is 180 g/mol. The van der Waals surface area contributed by atoms with Gasteiger partial charge in [0.1, 0.15) is 11.6 Å². The molecular formula is C9H9FN2O. The van der Waals surface area contributed by atoms with Gasteiger partial charge in [-0.15, -0.1) is 0 Å². The Kier molecular flexibility index (Phi) is 3.14. The van der Waals surface area contributed by atoms with Crippen molar-refractivity contribution in [3.05, 3.63) is 36.3 Å². The smallest absolute Gasteiger partial charge is 0.249 e. The fraction of sp³-hybridized carbons (Fsp3) is 0.111. The maximum atomic E-state index is 12.4. The minimum Gasteiger partial charge on any atom is -0.307 e. The van der Waals surface area contributed by atoms with Crippen molar-refractivity contribution in [3.8, 4) is 0 Å². The molecule has 0 spiro atoms. The number of pyridine rings is 1. The molecular weight excluding hydrogens is 171 g/mol. The molecule has 0 unspecified atom stereocenters. The second-order valence-electron chi connectivity index (χ2n) is 2.35. The molecule has 13 heavy (non-hydrogen) atoms. The zero-order valence-corrected chi connectivity index (χ0v) is 7.12. The molecule has 1 aromatic heterocycles. The van der Waals surface area contributed by atoms with Crippen LogP contribution in [-0.2, 0) is 4.79 Å². The number of rotatable bonds is 2. The summed E-state index contributed by atoms with van der Waals surface area (Å²) in [4.78, 5) is 14.6. The molecule has 4 heteroatoms. The summed E-state index contributed by atoms with van der Waals surface area (Å²) in [7, 11) is 0. The third-order valence-electron chi connectivity index (χ3n) is 1.30. The van der Waals surface area contributed by atoms with E-state index in [1.807, 2.05) is 0 Å². The normalized spacial score (nSPS) is 10.3. The highest BCUT2D eigenvalue weighted by Crippen LogP contribution is 2.02. The van der Waals surface area contributed by atoms with E-state index < -0.39 is 5.82 Å². The SMILES string of the molecule is CC=CC(=O)Nc1ccc(F)cn1. The molecule has 1 heterocycles. The predicted octanol–water partition coefficient (Wildman–Crippen LogP) is 1.74. The number of allylic oxidation sites excluding steroid dienone is 1. The molecule has 3 nitrogen and oxygen atoms in total. The van der Waals surface area contributed by atoms with E-state index in [0.29, 0.717) is 5.82 Å². The first kappa shape index (κ1) is 9.38. The highest BCUT2D eigenvalue weighted by Gasteiger charge is 1.97. The van der Waals surface area contributed by atoms with E-state index in [0.717, 1.165) is 6.20 Å². The van der Waals surface area contributed by atoms with Crippen molar-refractivity contribution in [2.75, 3.05) is 5.32 Å². The summed E-state index contributed by atoms with van der Waals surface area (Å²) in [5.74, 6) is -0.366. The maximum absolute atomic E-state index is 12.4. The van der Waals surface area contributed by atoms with Crippen molar-refractivity contribution in [1.82, 2.24) is 4.98 Å². The van der Waals surface area contributed by atoms with E-state index in [1.165, 1.54) is 18.2 Å². The number of aromatic nitrogens is 1. The lowest BCUT2D eigenvalue weighted by atomic mass is 10.4. The Balaban J connectivity index is 2.64. The van der Waals surface area contributed by atoms with Gasteiger partial charge in [0.05, 0.1) is 6.20 Å². The molecule has 0 aliphatic carbocycles. The Bertz CT molecular complexity index is 319. The minimum absolute atomic E-state index is 0.276. The summed E-state index contributed by atoms with van der Waals surface area (Å²) in [6.07, 6.45) is 4.02. The van der Waals surface area contributed by atoms with Gasteiger partial charge in [0.25, 0.3) is 0 Å². The van der Waals surface area contributed by atoms with E-state index in [-0.39, 0.29) is 5.91 Å². The van der Waals surface area contributed by atoms with Gasteiger partial charge in [-0.3, -0.25) is 4.79 Å². The molecule has 1 aromatic rings. The van der Waals surface area contributed by atoms with Gasteiger partial charge in [-0.1, -0.05) is 6.08 Å². The fourth-order valence-corrected chi connectivity index (χ4v) is 0.769. The lowest BCUT2D eigenvalue weighted by Crippen LogP contribution is -2.08. The Morgan fingerprint density at radius 2 is 2.38 bits per heavy atom. The van der Waals surface area contributed by atoms with Crippen molar-refractivity contribution in [2.45, 2.75) is 6.92 Å². The number of carbonyl (C=O) groups excluding carboxylic acids is 1. The van der Waals surface area contributed by atoms with Gasteiger partial charge in [0.2, 0.25) is 5.91 Å². The summed E-state index contributed by atoms with van der Waals surface area (Å²) in [5, 5.41) is 2.47. The molecule has 68 valence electrons. The van der Waals surface area contributed by atoms with E-state index in [9.17, 15) is 9.18 Å². The van der Waals surface area contributed by atoms with Crippen LogP contribution < -0.4 is 5.32 Å². The molecule has 0 aromatic carbocycles. The van der Waals surface area contributed by atoms with Crippen LogP contribution >= 0.6 is 0 Å². The molecule has 0 fully saturated rings. The Morgan fingerprint density at radius 1 is 1.62 bits per heavy atom. The Hall–Kier alpha value is -1.71. The average Bonchev–Trinajstić information content (AvgIpc) is 2.09. The number of hydrogen-bond donors (Lipinski definition) is 1. The second-order valence-corrected chi connectivity index (χ2v) is 2.35. The van der Waals surface area contributed by atoms with Crippen LogP contribution in [0.1, 0.15) is 6.92 Å². The van der Waals surface area contributed by atoms with E-state index in [2.05, 4.69) is 10.3 Å². The summed E-state index contributed by atoms with van der Waals surface area (Å²) >= 11 is 0. The first-order valence-electron chi connectivity index (χ1n) is 3.77. The van der Waals surface area contributed by atoms with Gasteiger partial charge in [0, 0.05) is 0 Å². The van der Waals surface area contributed by atoms with Gasteiger partial charge in [-0.25, -0.2) is 9.37 Å². The number of amides is 1. The summed E-state index contributed by atoms with van der Waals surface area (Å²) < 4.78 is 12.4. The first-order valence-corrected chi connectivity index (χ1v) is 3.77. The first-order chi connectivity index (χ1) is 6.22. The Morgan fingerprint density at radius 3 is 2.92 bits per heavy atom. The van der Waals surface area contributed by atoms with Crippen molar-refractivity contribution in [1.29, 1.82) is 0 Å². The fourth-order valence-electron chi connectivity index (χ4n) is 0.769. The minimum atomic E-state index is -0.427. The summed E-state index contributed by atoms with van der Waals surface area (Å²) in [6, 6.07) is 2.63. The third kappa shape index (κ3) is 3.02. The van der Waals surface area contributed by atoms with Crippen LogP contribution in [0.2, 0.25) is 0 Å². The predicted molar refractivity (Wildman–Crippen MR) is 47.6 cm³/mol. The molecule has 0 saturated heterocycles. The van der Waals surface area contributed by atoms with Crippen molar-refractivity contribution >= 4 is 11.7 Å². The number of anilines is 1. The topological polar surface area (TPSA) is 42.0 Å². The molecule has 0 radical (unpaired) electrons. The van der Waals surface area contributed by atoms with E-state index >= 15 is 0 Å². The van der Waals surface area contributed by atoms with Crippen molar-refractivity contribution < 1.29 is 9.18 Å². The summed E-state index contributed by atoms with van der Waals surface area (Å²) in [5.41, 5.74) is 0. The van der Waals surface area contributed by atoms with Gasteiger partial charge in [0.15, 0.2) is 0 Å². The van der Waals surface area contributed by atoms with Crippen LogP contribution in [0.15, 0.2) is 30.5 Å². The van der Waals surface area contributed by atoms with Gasteiger partial charge >= 0.3 is 0 Å². The van der Waals surface area contributed by atoms with E-state index in [1.54, 1.807) is 13.0 Å². The molecule has 1 rings (SSSR count). The molecule has 0 saturated carbocycles. The second kappa shape index (κ2) is 4.35. The molecule has 0 aliphatic heterocycles. The van der Waals surface area contributed by atoms with Gasteiger partial charge in [-0.2, -0.15) is 0 Å². The van der Waals surface area contributed by atoms with Crippen LogP contribution in [0, 0.1) is 5.82 Å². The number of halogens is 1. The van der Waals surface area contributed by atoms with Gasteiger partial charge < -0.3 is 5.32 Å². The Labute approximate surface area is 75.3 Å². The average molecular weight is 180 g/mol. The van der Waals surface area contributed by atoms with Crippen LogP contribution in [0.5, 0.6) is 0 Å². The summed E-state index contributed by atoms with van der Waals surface area (Å²) in [6.45, 7) is 1.73. The molecule has 0 bridgehead atoms. The standard InChI is InChI=1S/C9H9FN2O/c1-2-3-9(13)12-8-5-4-7(10)6-11-8/h2-6H,1H3,(H,11,12,13). The van der Waals surface area contributed by atoms with E-state index in [4.69, 9.17) is 0 Å². The molecule has 0 atom stereocenters. The zero-order valence-electron chi connectivity index (χ0n) is 7.12. The van der Waals surface area contributed by atoms with Gasteiger partial charge in [-0.05, 0) is 25.1 Å². The van der Waals surface area contributed by atoms with Crippen LogP contribution in [0.25, 0.3) is 0 Å². The number of nitrogens with zero attached hydrogens (tertiary/aromatic N) is 1.